The molecule has 5 nitrogen and oxygen atoms in total. The van der Waals surface area contributed by atoms with Crippen LogP contribution in [0.1, 0.15) is 23.2 Å². The van der Waals surface area contributed by atoms with E-state index in [1.165, 1.54) is 17.4 Å². The number of anilines is 1. The van der Waals surface area contributed by atoms with Crippen molar-refractivity contribution in [3.05, 3.63) is 47.8 Å². The summed E-state index contributed by atoms with van der Waals surface area (Å²) in [5.41, 5.74) is 8.06. The quantitative estimate of drug-likeness (QED) is 0.725. The monoisotopic (exact) mass is 384 g/mol. The van der Waals surface area contributed by atoms with Crippen LogP contribution >= 0.6 is 11.3 Å². The average molecular weight is 384 g/mol. The van der Waals surface area contributed by atoms with Crippen molar-refractivity contribution in [2.45, 2.75) is 18.9 Å². The fourth-order valence-corrected chi connectivity index (χ4v) is 4.22. The topological polar surface area (TPSA) is 71.2 Å². The van der Waals surface area contributed by atoms with E-state index in [0.717, 1.165) is 31.5 Å². The van der Waals surface area contributed by atoms with Crippen LogP contribution in [0.25, 0.3) is 21.3 Å². The number of nitrogens with one attached hydrogen (secondary N) is 1. The van der Waals surface area contributed by atoms with Crippen molar-refractivity contribution >= 4 is 32.6 Å². The van der Waals surface area contributed by atoms with Crippen molar-refractivity contribution < 1.29 is 9.18 Å². The summed E-state index contributed by atoms with van der Waals surface area (Å²) in [6.45, 7) is 1.98. The molecule has 3 N–H and O–H groups in total. The molecule has 140 valence electrons. The summed E-state index contributed by atoms with van der Waals surface area (Å²) in [4.78, 5) is 18.9. The predicted octanol–water partition coefficient (Wildman–Crippen LogP) is 3.51. The molecular weight excluding hydrogens is 363 g/mol. The first-order chi connectivity index (χ1) is 13.0. The van der Waals surface area contributed by atoms with E-state index in [4.69, 9.17) is 5.73 Å². The van der Waals surface area contributed by atoms with Crippen LogP contribution in [0.5, 0.6) is 0 Å². The van der Waals surface area contributed by atoms with Crippen LogP contribution in [-0.2, 0) is 0 Å². The third-order valence-corrected chi connectivity index (χ3v) is 5.81. The van der Waals surface area contributed by atoms with Gasteiger partial charge >= 0.3 is 0 Å². The number of aromatic nitrogens is 1. The van der Waals surface area contributed by atoms with Gasteiger partial charge in [0.1, 0.15) is 5.52 Å². The summed E-state index contributed by atoms with van der Waals surface area (Å²) < 4.78 is 15.0. The van der Waals surface area contributed by atoms with Gasteiger partial charge in [0.25, 0.3) is 5.91 Å². The molecule has 0 bridgehead atoms. The van der Waals surface area contributed by atoms with Gasteiger partial charge in [0.05, 0.1) is 4.70 Å². The molecule has 0 saturated carbocycles. The highest BCUT2D eigenvalue weighted by Crippen LogP contribution is 2.31. The number of rotatable bonds is 3. The van der Waals surface area contributed by atoms with Gasteiger partial charge in [-0.3, -0.25) is 4.79 Å². The van der Waals surface area contributed by atoms with Crippen molar-refractivity contribution in [3.8, 4) is 11.1 Å². The Morgan fingerprint density at radius 3 is 2.81 bits per heavy atom. The lowest BCUT2D eigenvalue weighted by Crippen LogP contribution is -2.43. The zero-order chi connectivity index (χ0) is 19.0. The van der Waals surface area contributed by atoms with Gasteiger partial charge in [0.2, 0.25) is 0 Å². The number of carbonyl (C=O) groups is 1. The van der Waals surface area contributed by atoms with Crippen LogP contribution in [0.2, 0.25) is 0 Å². The summed E-state index contributed by atoms with van der Waals surface area (Å²) in [7, 11) is 2.09. The maximum atomic E-state index is 14.4. The summed E-state index contributed by atoms with van der Waals surface area (Å²) in [5, 5.41) is 3.45. The molecule has 1 saturated heterocycles. The number of thiazole rings is 1. The molecule has 4 rings (SSSR count). The van der Waals surface area contributed by atoms with Crippen molar-refractivity contribution in [1.29, 1.82) is 0 Å². The number of nitrogen functional groups attached to an aromatic ring is 1. The number of hydrogen-bond acceptors (Lipinski definition) is 5. The lowest BCUT2D eigenvalue weighted by molar-refractivity contribution is 0.0917. The molecule has 0 atom stereocenters. The second kappa shape index (κ2) is 7.25. The van der Waals surface area contributed by atoms with Crippen molar-refractivity contribution in [3.63, 3.8) is 0 Å². The minimum atomic E-state index is -0.406. The Labute approximate surface area is 161 Å². The molecule has 1 amide bonds. The fourth-order valence-electron chi connectivity index (χ4n) is 3.43. The van der Waals surface area contributed by atoms with Crippen molar-refractivity contribution in [2.75, 3.05) is 25.9 Å². The number of benzene rings is 2. The minimum Gasteiger partial charge on any atom is -0.375 e. The number of carbonyl (C=O) groups excluding carboxylic acids is 1. The van der Waals surface area contributed by atoms with Gasteiger partial charge in [-0.05, 0) is 68.4 Å². The van der Waals surface area contributed by atoms with Crippen LogP contribution in [0.3, 0.4) is 0 Å². The van der Waals surface area contributed by atoms with Gasteiger partial charge < -0.3 is 16.0 Å². The Morgan fingerprint density at radius 1 is 1.26 bits per heavy atom. The van der Waals surface area contributed by atoms with Crippen LogP contribution in [0.15, 0.2) is 36.4 Å². The number of piperidine rings is 1. The van der Waals surface area contributed by atoms with E-state index in [9.17, 15) is 9.18 Å². The molecule has 1 aliphatic heterocycles. The molecule has 3 aromatic rings. The van der Waals surface area contributed by atoms with E-state index in [-0.39, 0.29) is 17.5 Å². The largest absolute Gasteiger partial charge is 0.375 e. The fraction of sp³-hybridized carbons (Fsp3) is 0.300. The molecule has 27 heavy (non-hydrogen) atoms. The van der Waals surface area contributed by atoms with E-state index in [0.29, 0.717) is 21.0 Å². The molecule has 2 heterocycles. The van der Waals surface area contributed by atoms with E-state index >= 15 is 0 Å². The van der Waals surface area contributed by atoms with Gasteiger partial charge in [-0.25, -0.2) is 9.37 Å². The standard InChI is InChI=1S/C20H21FN4OS/c1-25-7-5-15(6-8-25)23-19(26)13-4-2-3-12(9-13)14-10-16(21)18-17(11-14)27-20(22)24-18/h2-4,9-11,15H,5-8H2,1H3,(H2,22,24)(H,23,26). The number of amides is 1. The maximum Gasteiger partial charge on any atom is 0.251 e. The van der Waals surface area contributed by atoms with Gasteiger partial charge in [0.15, 0.2) is 10.9 Å². The molecule has 2 aromatic carbocycles. The van der Waals surface area contributed by atoms with Gasteiger partial charge in [-0.1, -0.05) is 23.5 Å². The van der Waals surface area contributed by atoms with E-state index < -0.39 is 5.82 Å². The third kappa shape index (κ3) is 3.79. The Bertz CT molecular complexity index is 995. The van der Waals surface area contributed by atoms with Crippen LogP contribution in [0, 0.1) is 5.82 Å². The van der Waals surface area contributed by atoms with Crippen molar-refractivity contribution in [2.24, 2.45) is 0 Å². The maximum absolute atomic E-state index is 14.4. The lowest BCUT2D eigenvalue weighted by atomic mass is 10.0. The highest BCUT2D eigenvalue weighted by atomic mass is 32.1. The summed E-state index contributed by atoms with van der Waals surface area (Å²) >= 11 is 1.25. The van der Waals surface area contributed by atoms with E-state index in [2.05, 4.69) is 22.2 Å². The molecule has 0 radical (unpaired) electrons. The van der Waals surface area contributed by atoms with Crippen molar-refractivity contribution in [1.82, 2.24) is 15.2 Å². The lowest BCUT2D eigenvalue weighted by Gasteiger charge is -2.29. The summed E-state index contributed by atoms with van der Waals surface area (Å²) in [5.74, 6) is -0.494. The van der Waals surface area contributed by atoms with E-state index in [1.54, 1.807) is 12.1 Å². The summed E-state index contributed by atoms with van der Waals surface area (Å²) in [6, 6.07) is 10.8. The first-order valence-electron chi connectivity index (χ1n) is 8.95. The molecule has 7 heteroatoms. The number of nitrogens with two attached hydrogens (primary N) is 1. The Balaban J connectivity index is 1.58. The Morgan fingerprint density at radius 2 is 2.04 bits per heavy atom. The average Bonchev–Trinajstić information content (AvgIpc) is 3.04. The number of nitrogens with zero attached hydrogens (tertiary/aromatic N) is 2. The predicted molar refractivity (Wildman–Crippen MR) is 107 cm³/mol. The molecule has 0 aliphatic carbocycles. The third-order valence-electron chi connectivity index (χ3n) is 4.98. The molecule has 1 aromatic heterocycles. The second-order valence-electron chi connectivity index (χ2n) is 6.99. The van der Waals surface area contributed by atoms with E-state index in [1.807, 2.05) is 18.2 Å². The minimum absolute atomic E-state index is 0.0880. The molecule has 0 unspecified atom stereocenters. The van der Waals surface area contributed by atoms with Crippen LogP contribution in [-0.4, -0.2) is 42.0 Å². The highest BCUT2D eigenvalue weighted by molar-refractivity contribution is 7.22. The smallest absolute Gasteiger partial charge is 0.251 e. The SMILES string of the molecule is CN1CCC(NC(=O)c2cccc(-c3cc(F)c4nc(N)sc4c3)c2)CC1. The Kier molecular flexibility index (Phi) is 4.80. The van der Waals surface area contributed by atoms with Gasteiger partial charge in [-0.15, -0.1) is 0 Å². The second-order valence-corrected chi connectivity index (χ2v) is 8.05. The van der Waals surface area contributed by atoms with Gasteiger partial charge in [0, 0.05) is 11.6 Å². The first-order valence-corrected chi connectivity index (χ1v) is 9.76. The molecule has 0 spiro atoms. The molecule has 1 aliphatic rings. The van der Waals surface area contributed by atoms with Crippen LogP contribution < -0.4 is 11.1 Å². The zero-order valence-electron chi connectivity index (χ0n) is 15.0. The molecular formula is C20H21FN4OS. The number of halogens is 1. The summed E-state index contributed by atoms with van der Waals surface area (Å²) in [6.07, 6.45) is 1.91. The highest BCUT2D eigenvalue weighted by Gasteiger charge is 2.19. The normalized spacial score (nSPS) is 15.9. The Hall–Kier alpha value is -2.51. The number of likely N-dealkylation sites (tertiary alicyclic amines) is 1. The molecule has 1 fully saturated rings. The number of hydrogen-bond donors (Lipinski definition) is 2. The first kappa shape index (κ1) is 17.9. The number of fused-ring (bicyclic) bond motifs is 1. The van der Waals surface area contributed by atoms with Crippen LogP contribution in [0.4, 0.5) is 9.52 Å². The zero-order valence-corrected chi connectivity index (χ0v) is 15.9. The van der Waals surface area contributed by atoms with Gasteiger partial charge in [-0.2, -0.15) is 0 Å².